The zero-order valence-electron chi connectivity index (χ0n) is 11.3. The lowest BCUT2D eigenvalue weighted by Crippen LogP contribution is -2.54. The van der Waals surface area contributed by atoms with Crippen LogP contribution < -0.4 is 0 Å². The second-order valence-corrected chi connectivity index (χ2v) is 6.52. The van der Waals surface area contributed by atoms with E-state index < -0.39 is 0 Å². The van der Waals surface area contributed by atoms with Crippen molar-refractivity contribution in [1.29, 1.82) is 0 Å². The fraction of sp³-hybridized carbons (Fsp3) is 1.00. The molecule has 2 heterocycles. The quantitative estimate of drug-likeness (QED) is 0.796. The molecule has 3 nitrogen and oxygen atoms in total. The maximum atomic E-state index is 9.47. The van der Waals surface area contributed by atoms with Crippen LogP contribution in [0.3, 0.4) is 0 Å². The van der Waals surface area contributed by atoms with E-state index in [1.165, 1.54) is 32.4 Å². The molecule has 0 aromatic carbocycles. The van der Waals surface area contributed by atoms with Gasteiger partial charge in [-0.15, -0.1) is 0 Å². The Morgan fingerprint density at radius 3 is 2.71 bits per heavy atom. The number of nitrogens with zero attached hydrogens (tertiary/aromatic N) is 1. The van der Waals surface area contributed by atoms with Crippen LogP contribution in [-0.2, 0) is 4.74 Å². The minimum absolute atomic E-state index is 0.0553. The van der Waals surface area contributed by atoms with Crippen LogP contribution in [0.15, 0.2) is 0 Å². The first-order valence-corrected chi connectivity index (χ1v) is 7.04. The van der Waals surface area contributed by atoms with Gasteiger partial charge < -0.3 is 14.7 Å². The summed E-state index contributed by atoms with van der Waals surface area (Å²) in [5, 5.41) is 9.47. The number of piperidine rings is 1. The summed E-state index contributed by atoms with van der Waals surface area (Å²) in [6.45, 7) is 9.85. The molecule has 0 aromatic heterocycles. The molecule has 2 aliphatic heterocycles. The van der Waals surface area contributed by atoms with Crippen LogP contribution in [0, 0.1) is 17.3 Å². The van der Waals surface area contributed by atoms with Gasteiger partial charge in [-0.1, -0.05) is 13.8 Å². The molecule has 2 saturated heterocycles. The fourth-order valence-corrected chi connectivity index (χ4v) is 3.25. The molecule has 0 bridgehead atoms. The normalized spacial score (nSPS) is 29.3. The average molecular weight is 241 g/mol. The Morgan fingerprint density at radius 2 is 2.18 bits per heavy atom. The lowest BCUT2D eigenvalue weighted by Gasteiger charge is -2.45. The van der Waals surface area contributed by atoms with E-state index in [9.17, 15) is 5.11 Å². The fourth-order valence-electron chi connectivity index (χ4n) is 3.25. The number of hydrogen-bond acceptors (Lipinski definition) is 3. The van der Waals surface area contributed by atoms with Crippen LogP contribution in [0.4, 0.5) is 0 Å². The Hall–Kier alpha value is -0.120. The van der Waals surface area contributed by atoms with Crippen LogP contribution >= 0.6 is 0 Å². The van der Waals surface area contributed by atoms with Crippen molar-refractivity contribution in [2.45, 2.75) is 33.1 Å². The number of hydrogen-bond donors (Lipinski definition) is 1. The van der Waals surface area contributed by atoms with Crippen molar-refractivity contribution < 1.29 is 9.84 Å². The maximum Gasteiger partial charge on any atom is 0.0579 e. The van der Waals surface area contributed by atoms with Crippen molar-refractivity contribution in [3.8, 4) is 0 Å². The molecule has 1 unspecified atom stereocenters. The van der Waals surface area contributed by atoms with E-state index in [0.29, 0.717) is 0 Å². The summed E-state index contributed by atoms with van der Waals surface area (Å²) in [5.41, 5.74) is 0.0553. The van der Waals surface area contributed by atoms with Gasteiger partial charge in [-0.25, -0.2) is 0 Å². The van der Waals surface area contributed by atoms with Gasteiger partial charge in [0.25, 0.3) is 0 Å². The molecule has 0 saturated carbocycles. The van der Waals surface area contributed by atoms with Crippen LogP contribution in [0.1, 0.15) is 33.1 Å². The van der Waals surface area contributed by atoms with E-state index in [2.05, 4.69) is 18.7 Å². The summed E-state index contributed by atoms with van der Waals surface area (Å²) >= 11 is 0. The molecule has 2 fully saturated rings. The van der Waals surface area contributed by atoms with Gasteiger partial charge in [-0.3, -0.25) is 0 Å². The highest BCUT2D eigenvalue weighted by molar-refractivity contribution is 4.89. The molecule has 100 valence electrons. The van der Waals surface area contributed by atoms with Crippen molar-refractivity contribution in [2.24, 2.45) is 17.3 Å². The number of aliphatic hydroxyl groups is 1. The van der Waals surface area contributed by atoms with Gasteiger partial charge in [-0.05, 0) is 37.6 Å². The van der Waals surface area contributed by atoms with Crippen molar-refractivity contribution in [3.05, 3.63) is 0 Å². The van der Waals surface area contributed by atoms with Gasteiger partial charge in [0.2, 0.25) is 0 Å². The molecule has 0 spiro atoms. The summed E-state index contributed by atoms with van der Waals surface area (Å²) in [5.74, 6) is 1.67. The Balaban J connectivity index is 1.80. The molecule has 1 atom stereocenters. The van der Waals surface area contributed by atoms with Gasteiger partial charge in [0, 0.05) is 13.1 Å². The van der Waals surface area contributed by atoms with Crippen LogP contribution in [0.25, 0.3) is 0 Å². The number of rotatable bonds is 5. The highest BCUT2D eigenvalue weighted by Gasteiger charge is 2.40. The smallest absolute Gasteiger partial charge is 0.0579 e. The first-order chi connectivity index (χ1) is 8.13. The minimum Gasteiger partial charge on any atom is -0.396 e. The SMILES string of the molecule is CC(C)CC1CCCN(CC2(CO)COC2)C1. The van der Waals surface area contributed by atoms with E-state index in [4.69, 9.17) is 4.74 Å². The van der Waals surface area contributed by atoms with E-state index in [1.807, 2.05) is 0 Å². The Bertz CT molecular complexity index is 233. The second kappa shape index (κ2) is 5.68. The molecule has 0 aromatic rings. The summed E-state index contributed by atoms with van der Waals surface area (Å²) in [6, 6.07) is 0. The summed E-state index contributed by atoms with van der Waals surface area (Å²) in [6.07, 6.45) is 4.05. The van der Waals surface area contributed by atoms with Gasteiger partial charge in [0.1, 0.15) is 0 Å². The molecule has 1 N–H and O–H groups in total. The summed E-state index contributed by atoms with van der Waals surface area (Å²) < 4.78 is 5.28. The van der Waals surface area contributed by atoms with Gasteiger partial charge in [0.15, 0.2) is 0 Å². The minimum atomic E-state index is 0.0553. The number of likely N-dealkylation sites (tertiary alicyclic amines) is 1. The third-order valence-corrected chi connectivity index (χ3v) is 4.12. The molecule has 17 heavy (non-hydrogen) atoms. The van der Waals surface area contributed by atoms with Crippen molar-refractivity contribution in [1.82, 2.24) is 4.90 Å². The standard InChI is InChI=1S/C14H27NO2/c1-12(2)6-13-4-3-5-15(7-13)8-14(9-16)10-17-11-14/h12-13,16H,3-11H2,1-2H3. The van der Waals surface area contributed by atoms with Gasteiger partial charge >= 0.3 is 0 Å². The maximum absolute atomic E-state index is 9.47. The highest BCUT2D eigenvalue weighted by atomic mass is 16.5. The third kappa shape index (κ3) is 3.43. The van der Waals surface area contributed by atoms with Crippen molar-refractivity contribution >= 4 is 0 Å². The predicted octanol–water partition coefficient (Wildman–Crippen LogP) is 1.75. The molecule has 2 rings (SSSR count). The van der Waals surface area contributed by atoms with E-state index in [1.54, 1.807) is 0 Å². The second-order valence-electron chi connectivity index (χ2n) is 6.52. The van der Waals surface area contributed by atoms with Crippen LogP contribution in [0.5, 0.6) is 0 Å². The Labute approximate surface area is 105 Å². The first kappa shape index (κ1) is 13.3. The topological polar surface area (TPSA) is 32.7 Å². The number of aliphatic hydroxyl groups excluding tert-OH is 1. The third-order valence-electron chi connectivity index (χ3n) is 4.12. The number of ether oxygens (including phenoxy) is 1. The Kier molecular flexibility index (Phi) is 4.45. The van der Waals surface area contributed by atoms with E-state index >= 15 is 0 Å². The lowest BCUT2D eigenvalue weighted by molar-refractivity contribution is -0.150. The largest absolute Gasteiger partial charge is 0.396 e. The molecule has 3 heteroatoms. The average Bonchev–Trinajstić information content (AvgIpc) is 2.23. The van der Waals surface area contributed by atoms with Crippen molar-refractivity contribution in [3.63, 3.8) is 0 Å². The molecule has 2 aliphatic rings. The zero-order chi connectivity index (χ0) is 12.3. The van der Waals surface area contributed by atoms with E-state index in [-0.39, 0.29) is 12.0 Å². The first-order valence-electron chi connectivity index (χ1n) is 7.04. The molecular weight excluding hydrogens is 214 g/mol. The van der Waals surface area contributed by atoms with Crippen LogP contribution in [-0.4, -0.2) is 49.5 Å². The zero-order valence-corrected chi connectivity index (χ0v) is 11.3. The lowest BCUT2D eigenvalue weighted by atomic mass is 9.84. The predicted molar refractivity (Wildman–Crippen MR) is 69.0 cm³/mol. The molecule has 0 aliphatic carbocycles. The Morgan fingerprint density at radius 1 is 1.41 bits per heavy atom. The van der Waals surface area contributed by atoms with E-state index in [0.717, 1.165) is 31.6 Å². The highest BCUT2D eigenvalue weighted by Crippen LogP contribution is 2.31. The summed E-state index contributed by atoms with van der Waals surface area (Å²) in [7, 11) is 0. The monoisotopic (exact) mass is 241 g/mol. The van der Waals surface area contributed by atoms with Crippen molar-refractivity contribution in [2.75, 3.05) is 39.5 Å². The van der Waals surface area contributed by atoms with Crippen LogP contribution in [0.2, 0.25) is 0 Å². The van der Waals surface area contributed by atoms with Gasteiger partial charge in [0.05, 0.1) is 25.2 Å². The molecule has 0 radical (unpaired) electrons. The molecular formula is C14H27NO2. The molecule has 0 amide bonds. The van der Waals surface area contributed by atoms with Gasteiger partial charge in [-0.2, -0.15) is 0 Å². The summed E-state index contributed by atoms with van der Waals surface area (Å²) in [4.78, 5) is 2.55.